The number of nitrogens with zero attached hydrogens (tertiary/aromatic N) is 2. The molecule has 6 nitrogen and oxygen atoms in total. The van der Waals surface area contributed by atoms with Crippen LogP contribution in [0.25, 0.3) is 0 Å². The van der Waals surface area contributed by atoms with Gasteiger partial charge in [-0.1, -0.05) is 45.1 Å². The molecule has 0 fully saturated rings. The van der Waals surface area contributed by atoms with Gasteiger partial charge in [0.1, 0.15) is 11.5 Å². The SMILES string of the molecule is O=C(N=S=NC(=O)Oc1ccccc1)Oc1ccccc1. The molecule has 2 aromatic carbocycles. The highest BCUT2D eigenvalue weighted by atomic mass is 32.1. The van der Waals surface area contributed by atoms with E-state index >= 15 is 0 Å². The second-order valence-corrected chi connectivity index (χ2v) is 4.15. The van der Waals surface area contributed by atoms with Crippen molar-refractivity contribution < 1.29 is 19.1 Å². The summed E-state index contributed by atoms with van der Waals surface area (Å²) in [5.41, 5.74) is 0. The summed E-state index contributed by atoms with van der Waals surface area (Å²) in [6.45, 7) is 0. The quantitative estimate of drug-likeness (QED) is 0.844. The molecule has 0 heterocycles. The Morgan fingerprint density at radius 3 is 1.48 bits per heavy atom. The molecule has 0 aromatic heterocycles. The molecular weight excluding hydrogens is 292 g/mol. The van der Waals surface area contributed by atoms with Gasteiger partial charge in [0.15, 0.2) is 0 Å². The molecule has 0 aliphatic heterocycles. The standard InChI is InChI=1S/C14H10N2O4S/c17-13(19-11-7-3-1-4-8-11)15-21-16-14(18)20-12-9-5-2-6-10-12/h1-10H. The molecule has 0 aliphatic carbocycles. The van der Waals surface area contributed by atoms with Crippen molar-refractivity contribution in [3.05, 3.63) is 60.7 Å². The van der Waals surface area contributed by atoms with E-state index in [0.717, 1.165) is 0 Å². The van der Waals surface area contributed by atoms with Crippen molar-refractivity contribution >= 4 is 23.5 Å². The molecule has 0 saturated heterocycles. The van der Waals surface area contributed by atoms with E-state index in [9.17, 15) is 9.59 Å². The summed E-state index contributed by atoms with van der Waals surface area (Å²) >= 11 is 0.409. The molecule has 2 amide bonds. The van der Waals surface area contributed by atoms with Gasteiger partial charge in [-0.25, -0.2) is 9.59 Å². The Balaban J connectivity index is 1.88. The van der Waals surface area contributed by atoms with Crippen LogP contribution in [-0.4, -0.2) is 12.2 Å². The first kappa shape index (κ1) is 14.6. The zero-order valence-electron chi connectivity index (χ0n) is 10.7. The Morgan fingerprint density at radius 2 is 1.10 bits per heavy atom. The minimum atomic E-state index is -0.859. The zero-order chi connectivity index (χ0) is 14.9. The lowest BCUT2D eigenvalue weighted by Gasteiger charge is -1.97. The van der Waals surface area contributed by atoms with Gasteiger partial charge < -0.3 is 9.47 Å². The van der Waals surface area contributed by atoms with E-state index in [4.69, 9.17) is 9.47 Å². The van der Waals surface area contributed by atoms with E-state index in [1.807, 2.05) is 0 Å². The molecule has 21 heavy (non-hydrogen) atoms. The third-order valence-corrected chi connectivity index (χ3v) is 2.59. The van der Waals surface area contributed by atoms with Gasteiger partial charge >= 0.3 is 12.2 Å². The average molecular weight is 302 g/mol. The Kier molecular flexibility index (Phi) is 5.36. The minimum absolute atomic E-state index is 0.360. The fourth-order valence-electron chi connectivity index (χ4n) is 1.30. The molecule has 0 aliphatic rings. The molecule has 0 saturated carbocycles. The number of carbonyl (C=O) groups is 2. The van der Waals surface area contributed by atoms with Crippen LogP contribution in [0, 0.1) is 0 Å². The summed E-state index contributed by atoms with van der Waals surface area (Å²) in [6.07, 6.45) is -1.72. The van der Waals surface area contributed by atoms with Crippen LogP contribution in [0.2, 0.25) is 0 Å². The number of amides is 2. The lowest BCUT2D eigenvalue weighted by Crippen LogP contribution is -2.02. The molecule has 2 aromatic rings. The topological polar surface area (TPSA) is 77.3 Å². The summed E-state index contributed by atoms with van der Waals surface area (Å²) in [7, 11) is 0. The lowest BCUT2D eigenvalue weighted by molar-refractivity contribution is 0.211. The van der Waals surface area contributed by atoms with Crippen LogP contribution in [0.4, 0.5) is 9.59 Å². The monoisotopic (exact) mass is 302 g/mol. The van der Waals surface area contributed by atoms with Crippen molar-refractivity contribution in [2.24, 2.45) is 8.73 Å². The van der Waals surface area contributed by atoms with Crippen LogP contribution in [0.3, 0.4) is 0 Å². The fourth-order valence-corrected chi connectivity index (χ4v) is 1.55. The second kappa shape index (κ2) is 7.71. The molecule has 0 radical (unpaired) electrons. The summed E-state index contributed by atoms with van der Waals surface area (Å²) in [6, 6.07) is 16.9. The number of para-hydroxylation sites is 2. The van der Waals surface area contributed by atoms with E-state index < -0.39 is 12.2 Å². The number of benzene rings is 2. The predicted molar refractivity (Wildman–Crippen MR) is 77.2 cm³/mol. The number of hydrogen-bond acceptors (Lipinski definition) is 4. The summed E-state index contributed by atoms with van der Waals surface area (Å²) in [4.78, 5) is 22.7. The van der Waals surface area contributed by atoms with Crippen molar-refractivity contribution in [1.29, 1.82) is 0 Å². The summed E-state index contributed by atoms with van der Waals surface area (Å²) in [5, 5.41) is 0. The van der Waals surface area contributed by atoms with Crippen LogP contribution >= 0.6 is 0 Å². The maximum atomic E-state index is 11.3. The van der Waals surface area contributed by atoms with Crippen molar-refractivity contribution in [3.63, 3.8) is 0 Å². The molecule has 0 spiro atoms. The summed E-state index contributed by atoms with van der Waals surface area (Å²) in [5.74, 6) is 0.720. The first-order chi connectivity index (χ1) is 10.2. The highest BCUT2D eigenvalue weighted by Gasteiger charge is 2.02. The minimum Gasteiger partial charge on any atom is -0.408 e. The van der Waals surface area contributed by atoms with Crippen molar-refractivity contribution in [3.8, 4) is 11.5 Å². The Labute approximate surface area is 124 Å². The maximum absolute atomic E-state index is 11.3. The molecule has 0 atom stereocenters. The van der Waals surface area contributed by atoms with E-state index in [1.54, 1.807) is 60.7 Å². The molecule has 0 bridgehead atoms. The smallest absolute Gasteiger partial charge is 0.408 e. The van der Waals surface area contributed by atoms with Gasteiger partial charge in [0.05, 0.1) is 11.4 Å². The van der Waals surface area contributed by atoms with Gasteiger partial charge in [-0.05, 0) is 24.3 Å². The lowest BCUT2D eigenvalue weighted by atomic mass is 10.3. The third-order valence-electron chi connectivity index (χ3n) is 2.13. The first-order valence-corrected chi connectivity index (χ1v) is 6.59. The number of rotatable bonds is 2. The third kappa shape index (κ3) is 5.37. The average Bonchev–Trinajstić information content (AvgIpc) is 2.49. The van der Waals surface area contributed by atoms with Gasteiger partial charge in [-0.3, -0.25) is 0 Å². The van der Waals surface area contributed by atoms with Crippen molar-refractivity contribution in [2.45, 2.75) is 0 Å². The highest BCUT2D eigenvalue weighted by Crippen LogP contribution is 2.09. The number of hydrogen-bond donors (Lipinski definition) is 0. The molecule has 0 N–H and O–H groups in total. The maximum Gasteiger partial charge on any atom is 0.451 e. The zero-order valence-corrected chi connectivity index (χ0v) is 11.5. The van der Waals surface area contributed by atoms with Gasteiger partial charge in [0.25, 0.3) is 0 Å². The fraction of sp³-hybridized carbons (Fsp3) is 0. The number of carbonyl (C=O) groups excluding carboxylic acids is 2. The van der Waals surface area contributed by atoms with Gasteiger partial charge in [0, 0.05) is 0 Å². The van der Waals surface area contributed by atoms with Crippen molar-refractivity contribution in [1.82, 2.24) is 0 Å². The van der Waals surface area contributed by atoms with Gasteiger partial charge in [-0.15, -0.1) is 0 Å². The van der Waals surface area contributed by atoms with Gasteiger partial charge in [-0.2, -0.15) is 0 Å². The van der Waals surface area contributed by atoms with Crippen LogP contribution in [0.1, 0.15) is 0 Å². The van der Waals surface area contributed by atoms with Crippen LogP contribution in [0.15, 0.2) is 69.4 Å². The van der Waals surface area contributed by atoms with Crippen LogP contribution in [-0.2, 0) is 11.4 Å². The Hall–Kier alpha value is -2.80. The Bertz CT molecular complexity index is 625. The van der Waals surface area contributed by atoms with Crippen LogP contribution < -0.4 is 9.47 Å². The van der Waals surface area contributed by atoms with E-state index in [1.165, 1.54) is 0 Å². The second-order valence-electron chi connectivity index (χ2n) is 3.63. The molecular formula is C14H10N2O4S. The van der Waals surface area contributed by atoms with Crippen molar-refractivity contribution in [2.75, 3.05) is 0 Å². The molecule has 0 unspecified atom stereocenters. The predicted octanol–water partition coefficient (Wildman–Crippen LogP) is 3.83. The summed E-state index contributed by atoms with van der Waals surface area (Å²) < 4.78 is 16.5. The Morgan fingerprint density at radius 1 is 0.714 bits per heavy atom. The first-order valence-electron chi connectivity index (χ1n) is 5.86. The van der Waals surface area contributed by atoms with Crippen LogP contribution in [0.5, 0.6) is 11.5 Å². The van der Waals surface area contributed by atoms with E-state index in [2.05, 4.69) is 8.73 Å². The van der Waals surface area contributed by atoms with E-state index in [-0.39, 0.29) is 0 Å². The normalized spacial score (nSPS) is 9.33. The largest absolute Gasteiger partial charge is 0.451 e. The van der Waals surface area contributed by atoms with Gasteiger partial charge in [0.2, 0.25) is 0 Å². The van der Waals surface area contributed by atoms with E-state index in [0.29, 0.717) is 22.9 Å². The highest BCUT2D eigenvalue weighted by molar-refractivity contribution is 7.58. The molecule has 2 rings (SSSR count). The number of ether oxygens (including phenoxy) is 2. The molecule has 106 valence electrons. The molecule has 7 heteroatoms.